The fourth-order valence-corrected chi connectivity index (χ4v) is 6.50. The summed E-state index contributed by atoms with van der Waals surface area (Å²) in [7, 11) is 0. The molecule has 0 radical (unpaired) electrons. The lowest BCUT2D eigenvalue weighted by molar-refractivity contribution is -0.126. The molecular weight excluding hydrogens is 365 g/mol. The van der Waals surface area contributed by atoms with Crippen LogP contribution in [0.1, 0.15) is 63.4 Å². The molecule has 1 amide bonds. The Kier molecular flexibility index (Phi) is 6.55. The Balaban J connectivity index is 1.43. The first-order chi connectivity index (χ1) is 14.1. The van der Waals surface area contributed by atoms with E-state index in [4.69, 9.17) is 0 Å². The van der Waals surface area contributed by atoms with Crippen LogP contribution in [0.4, 0.5) is 4.39 Å². The van der Waals surface area contributed by atoms with E-state index in [1.54, 1.807) is 0 Å². The summed E-state index contributed by atoms with van der Waals surface area (Å²) in [4.78, 5) is 12.5. The normalized spacial score (nSPS) is 32.7. The maximum absolute atomic E-state index is 13.5. The molecular formula is C24H36FN3O. The summed E-state index contributed by atoms with van der Waals surface area (Å²) in [6.45, 7) is 3.36. The molecule has 4 rings (SSSR count). The summed E-state index contributed by atoms with van der Waals surface area (Å²) >= 11 is 0. The maximum atomic E-state index is 13.5. The number of rotatable bonds is 7. The van der Waals surface area contributed by atoms with Crippen LogP contribution in [0.5, 0.6) is 0 Å². The van der Waals surface area contributed by atoms with Crippen LogP contribution in [0.3, 0.4) is 0 Å². The van der Waals surface area contributed by atoms with E-state index in [0.29, 0.717) is 18.8 Å². The molecule has 4 nitrogen and oxygen atoms in total. The van der Waals surface area contributed by atoms with Gasteiger partial charge in [0, 0.05) is 32.6 Å². The van der Waals surface area contributed by atoms with Gasteiger partial charge in [0.1, 0.15) is 0 Å². The van der Waals surface area contributed by atoms with Gasteiger partial charge in [-0.05, 0) is 67.3 Å². The van der Waals surface area contributed by atoms with Gasteiger partial charge in [-0.25, -0.2) is 5.01 Å². The molecule has 2 aliphatic carbocycles. The summed E-state index contributed by atoms with van der Waals surface area (Å²) in [5.41, 5.74) is 4.81. The number of fused-ring (bicyclic) bond motifs is 2. The summed E-state index contributed by atoms with van der Waals surface area (Å²) < 4.78 is 13.5. The Hall–Kier alpha value is -1.46. The number of hydrazine groups is 1. The van der Waals surface area contributed by atoms with Crippen LogP contribution in [0.25, 0.3) is 0 Å². The van der Waals surface area contributed by atoms with E-state index < -0.39 is 0 Å². The minimum atomic E-state index is -0.221. The van der Waals surface area contributed by atoms with E-state index in [1.165, 1.54) is 18.4 Å². The zero-order valence-electron chi connectivity index (χ0n) is 17.6. The topological polar surface area (TPSA) is 44.4 Å². The number of nitrogens with zero attached hydrogens (tertiary/aromatic N) is 1. The zero-order valence-corrected chi connectivity index (χ0v) is 17.6. The molecule has 1 heterocycles. The number of alkyl halides is 1. The van der Waals surface area contributed by atoms with Crippen LogP contribution in [-0.4, -0.2) is 43.8 Å². The van der Waals surface area contributed by atoms with E-state index in [1.807, 2.05) is 5.01 Å². The highest BCUT2D eigenvalue weighted by molar-refractivity contribution is 5.75. The number of amides is 1. The van der Waals surface area contributed by atoms with E-state index in [9.17, 15) is 9.18 Å². The lowest BCUT2D eigenvalue weighted by atomic mass is 9.49. The van der Waals surface area contributed by atoms with Crippen molar-refractivity contribution in [3.05, 3.63) is 35.9 Å². The van der Waals surface area contributed by atoms with Crippen LogP contribution in [0.15, 0.2) is 30.3 Å². The molecule has 1 aliphatic heterocycles. The molecule has 2 N–H and O–H groups in total. The van der Waals surface area contributed by atoms with Crippen molar-refractivity contribution in [2.24, 2.45) is 11.3 Å². The van der Waals surface area contributed by atoms with Crippen molar-refractivity contribution in [3.8, 4) is 0 Å². The highest BCUT2D eigenvalue weighted by atomic mass is 19.1. The Morgan fingerprint density at radius 2 is 1.97 bits per heavy atom. The second-order valence-electron chi connectivity index (χ2n) is 9.70. The monoisotopic (exact) mass is 401 g/mol. The highest BCUT2D eigenvalue weighted by Crippen LogP contribution is 2.60. The van der Waals surface area contributed by atoms with E-state index in [-0.39, 0.29) is 23.4 Å². The fourth-order valence-electron chi connectivity index (χ4n) is 6.50. The number of carbonyl (C=O) groups excluding carboxylic acids is 1. The van der Waals surface area contributed by atoms with Gasteiger partial charge in [-0.3, -0.25) is 14.6 Å². The molecule has 160 valence electrons. The first-order valence-electron chi connectivity index (χ1n) is 11.5. The highest BCUT2D eigenvalue weighted by Gasteiger charge is 2.51. The van der Waals surface area contributed by atoms with Crippen molar-refractivity contribution >= 4 is 5.91 Å². The molecule has 2 bridgehead atoms. The van der Waals surface area contributed by atoms with Crippen LogP contribution in [0, 0.1) is 11.3 Å². The van der Waals surface area contributed by atoms with Crippen molar-refractivity contribution < 1.29 is 9.18 Å². The van der Waals surface area contributed by atoms with Gasteiger partial charge in [0.2, 0.25) is 5.91 Å². The standard InChI is InChI=1S/C24H36FN3O/c25-12-11-23-9-4-10-24(19-23,21-5-2-1-3-6-21)18-20(17-23)7-8-22(29)27-28-15-13-26-14-16-28/h1-3,5-6,20,26H,4,7-19H2,(H,27,29)/t20?,23-,24+/m0/s1. The van der Waals surface area contributed by atoms with Gasteiger partial charge in [-0.1, -0.05) is 36.8 Å². The van der Waals surface area contributed by atoms with Crippen molar-refractivity contribution in [3.63, 3.8) is 0 Å². The molecule has 0 aromatic heterocycles. The van der Waals surface area contributed by atoms with Gasteiger partial charge >= 0.3 is 0 Å². The van der Waals surface area contributed by atoms with Crippen LogP contribution in [0.2, 0.25) is 0 Å². The van der Waals surface area contributed by atoms with Crippen LogP contribution in [-0.2, 0) is 10.2 Å². The predicted molar refractivity (Wildman–Crippen MR) is 114 cm³/mol. The average Bonchev–Trinajstić information content (AvgIpc) is 2.73. The van der Waals surface area contributed by atoms with E-state index in [0.717, 1.165) is 58.3 Å². The first kappa shape index (κ1) is 20.8. The summed E-state index contributed by atoms with van der Waals surface area (Å²) in [5, 5.41) is 5.34. The minimum Gasteiger partial charge on any atom is -0.314 e. The molecule has 5 heteroatoms. The Morgan fingerprint density at radius 1 is 1.17 bits per heavy atom. The van der Waals surface area contributed by atoms with Crippen molar-refractivity contribution in [1.82, 2.24) is 15.8 Å². The van der Waals surface area contributed by atoms with Crippen molar-refractivity contribution in [1.29, 1.82) is 0 Å². The second-order valence-corrected chi connectivity index (χ2v) is 9.70. The molecule has 3 atom stereocenters. The molecule has 1 unspecified atom stereocenters. The van der Waals surface area contributed by atoms with Crippen LogP contribution >= 0.6 is 0 Å². The maximum Gasteiger partial charge on any atom is 0.234 e. The predicted octanol–water partition coefficient (Wildman–Crippen LogP) is 3.97. The zero-order chi connectivity index (χ0) is 20.2. The number of hydrogen-bond donors (Lipinski definition) is 2. The van der Waals surface area contributed by atoms with E-state index in [2.05, 4.69) is 41.1 Å². The molecule has 1 aromatic carbocycles. The van der Waals surface area contributed by atoms with E-state index >= 15 is 0 Å². The number of halogens is 1. The third kappa shape index (κ3) is 4.83. The number of nitrogens with one attached hydrogen (secondary N) is 2. The molecule has 29 heavy (non-hydrogen) atoms. The Morgan fingerprint density at radius 3 is 2.72 bits per heavy atom. The largest absolute Gasteiger partial charge is 0.314 e. The van der Waals surface area contributed by atoms with Gasteiger partial charge in [0.25, 0.3) is 0 Å². The lowest BCUT2D eigenvalue weighted by Gasteiger charge is -2.55. The second kappa shape index (κ2) is 9.13. The molecule has 1 aromatic rings. The summed E-state index contributed by atoms with van der Waals surface area (Å²) in [6, 6.07) is 10.9. The number of hydrogen-bond acceptors (Lipinski definition) is 3. The number of piperazine rings is 1. The lowest BCUT2D eigenvalue weighted by Crippen LogP contribution is -2.52. The molecule has 3 fully saturated rings. The fraction of sp³-hybridized carbons (Fsp3) is 0.708. The summed E-state index contributed by atoms with van der Waals surface area (Å²) in [6.07, 6.45) is 9.08. The smallest absolute Gasteiger partial charge is 0.234 e. The van der Waals surface area contributed by atoms with Gasteiger partial charge in [-0.15, -0.1) is 0 Å². The third-order valence-corrected chi connectivity index (χ3v) is 7.67. The average molecular weight is 402 g/mol. The quantitative estimate of drug-likeness (QED) is 0.727. The SMILES string of the molecule is O=C(CCC1C[C@@]2(CCF)CCC[C@@](c3ccccc3)(C1)C2)NN1CCNCC1. The Bertz CT molecular complexity index is 674. The van der Waals surface area contributed by atoms with Gasteiger partial charge in [0.15, 0.2) is 0 Å². The van der Waals surface area contributed by atoms with Crippen molar-refractivity contribution in [2.45, 2.75) is 63.2 Å². The number of carbonyl (C=O) groups is 1. The molecule has 3 aliphatic rings. The third-order valence-electron chi connectivity index (χ3n) is 7.67. The summed E-state index contributed by atoms with van der Waals surface area (Å²) in [5.74, 6) is 0.639. The number of benzene rings is 1. The van der Waals surface area contributed by atoms with Gasteiger partial charge in [-0.2, -0.15) is 0 Å². The van der Waals surface area contributed by atoms with Crippen molar-refractivity contribution in [2.75, 3.05) is 32.9 Å². The van der Waals surface area contributed by atoms with Gasteiger partial charge < -0.3 is 5.32 Å². The molecule has 1 saturated heterocycles. The van der Waals surface area contributed by atoms with Gasteiger partial charge in [0.05, 0.1) is 6.67 Å². The molecule has 2 saturated carbocycles. The first-order valence-corrected chi connectivity index (χ1v) is 11.5. The minimum absolute atomic E-state index is 0.126. The molecule has 0 spiro atoms. The van der Waals surface area contributed by atoms with Crippen LogP contribution < -0.4 is 10.7 Å². The Labute approximate surface area is 174 Å².